The third-order valence-electron chi connectivity index (χ3n) is 5.09. The monoisotopic (exact) mass is 320 g/mol. The summed E-state index contributed by atoms with van der Waals surface area (Å²) in [6.07, 6.45) is 5.91. The Labute approximate surface area is 133 Å². The van der Waals surface area contributed by atoms with Gasteiger partial charge in [-0.25, -0.2) is 4.98 Å². The number of rotatable bonds is 3. The zero-order chi connectivity index (χ0) is 15.3. The molecule has 2 aliphatic heterocycles. The second-order valence-corrected chi connectivity index (χ2v) is 6.71. The summed E-state index contributed by atoms with van der Waals surface area (Å²) < 4.78 is 0. The lowest BCUT2D eigenvalue weighted by atomic mass is 9.91. The van der Waals surface area contributed by atoms with Gasteiger partial charge in [-0.05, 0) is 25.2 Å². The molecule has 2 amide bonds. The minimum atomic E-state index is -0.131. The van der Waals surface area contributed by atoms with Crippen LogP contribution in [-0.4, -0.2) is 39.3 Å². The first-order valence-corrected chi connectivity index (χ1v) is 8.06. The average molecular weight is 321 g/mol. The molecule has 1 aliphatic carbocycles. The summed E-state index contributed by atoms with van der Waals surface area (Å²) in [5.74, 6) is 0.909. The average Bonchev–Trinajstić information content (AvgIpc) is 3.28. The van der Waals surface area contributed by atoms with E-state index in [9.17, 15) is 9.59 Å². The van der Waals surface area contributed by atoms with Gasteiger partial charge in [0.25, 0.3) is 0 Å². The molecular weight excluding hydrogens is 304 g/mol. The predicted octanol–water partition coefficient (Wildman–Crippen LogP) is 1.00. The zero-order valence-electron chi connectivity index (χ0n) is 12.0. The second kappa shape index (κ2) is 5.19. The van der Waals surface area contributed by atoms with Crippen molar-refractivity contribution in [2.24, 2.45) is 17.8 Å². The van der Waals surface area contributed by atoms with Crippen molar-refractivity contribution in [3.8, 4) is 0 Å². The lowest BCUT2D eigenvalue weighted by Crippen LogP contribution is -2.48. The summed E-state index contributed by atoms with van der Waals surface area (Å²) in [7, 11) is 0. The number of nitrogens with one attached hydrogen (secondary N) is 1. The van der Waals surface area contributed by atoms with E-state index in [1.54, 1.807) is 6.20 Å². The molecule has 4 unspecified atom stereocenters. The van der Waals surface area contributed by atoms with Crippen LogP contribution in [-0.2, 0) is 16.1 Å². The van der Waals surface area contributed by atoms with Gasteiger partial charge in [-0.1, -0.05) is 11.6 Å². The number of carbonyl (C=O) groups excluding carboxylic acids is 2. The van der Waals surface area contributed by atoms with E-state index in [0.29, 0.717) is 29.4 Å². The molecule has 4 rings (SSSR count). The number of halogens is 1. The summed E-state index contributed by atoms with van der Waals surface area (Å²) in [5.41, 5.74) is 0.560. The van der Waals surface area contributed by atoms with Crippen LogP contribution in [0.5, 0.6) is 0 Å². The molecule has 6 nitrogen and oxygen atoms in total. The van der Waals surface area contributed by atoms with Gasteiger partial charge in [0.15, 0.2) is 5.15 Å². The van der Waals surface area contributed by atoms with Gasteiger partial charge in [0.05, 0.1) is 18.2 Å². The molecule has 3 aliphatic rings. The van der Waals surface area contributed by atoms with Gasteiger partial charge in [0.1, 0.15) is 0 Å². The quantitative estimate of drug-likeness (QED) is 0.901. The Kier molecular flexibility index (Phi) is 3.29. The lowest BCUT2D eigenvalue weighted by Gasteiger charge is -2.36. The van der Waals surface area contributed by atoms with Crippen molar-refractivity contribution in [2.75, 3.05) is 6.54 Å². The Morgan fingerprint density at radius 1 is 1.36 bits per heavy atom. The van der Waals surface area contributed by atoms with Gasteiger partial charge in [-0.3, -0.25) is 14.6 Å². The number of carbonyl (C=O) groups is 2. The molecule has 1 aromatic rings. The molecule has 1 N–H and O–H groups in total. The van der Waals surface area contributed by atoms with E-state index in [4.69, 9.17) is 11.6 Å². The molecule has 0 radical (unpaired) electrons. The molecule has 4 atom stereocenters. The highest BCUT2D eigenvalue weighted by molar-refractivity contribution is 6.29. The largest absolute Gasteiger partial charge is 0.350 e. The summed E-state index contributed by atoms with van der Waals surface area (Å²) in [6, 6.07) is 0.385. The molecule has 2 saturated heterocycles. The van der Waals surface area contributed by atoms with Crippen LogP contribution < -0.4 is 5.32 Å². The van der Waals surface area contributed by atoms with E-state index in [0.717, 1.165) is 19.3 Å². The smallest absolute Gasteiger partial charge is 0.226 e. The van der Waals surface area contributed by atoms with Crippen molar-refractivity contribution < 1.29 is 9.59 Å². The number of fused-ring (bicyclic) bond motifs is 3. The minimum absolute atomic E-state index is 0.0338. The summed E-state index contributed by atoms with van der Waals surface area (Å²) in [4.78, 5) is 34.4. The summed E-state index contributed by atoms with van der Waals surface area (Å²) in [6.45, 7) is 0.821. The van der Waals surface area contributed by atoms with Crippen LogP contribution in [0.25, 0.3) is 0 Å². The second-order valence-electron chi connectivity index (χ2n) is 6.35. The van der Waals surface area contributed by atoms with E-state index >= 15 is 0 Å². The van der Waals surface area contributed by atoms with Crippen molar-refractivity contribution in [2.45, 2.75) is 31.8 Å². The molecule has 1 saturated carbocycles. The third kappa shape index (κ3) is 2.26. The molecule has 1 aromatic heterocycles. The predicted molar refractivity (Wildman–Crippen MR) is 78.7 cm³/mol. The van der Waals surface area contributed by atoms with Crippen LogP contribution in [0.15, 0.2) is 12.4 Å². The maximum Gasteiger partial charge on any atom is 0.226 e. The van der Waals surface area contributed by atoms with Gasteiger partial charge >= 0.3 is 0 Å². The van der Waals surface area contributed by atoms with E-state index in [1.165, 1.54) is 6.20 Å². The summed E-state index contributed by atoms with van der Waals surface area (Å²) in [5, 5.41) is 3.17. The number of aromatic nitrogens is 2. The van der Waals surface area contributed by atoms with Crippen LogP contribution in [0.4, 0.5) is 0 Å². The number of nitrogens with zero attached hydrogens (tertiary/aromatic N) is 3. The minimum Gasteiger partial charge on any atom is -0.350 e. The third-order valence-corrected chi connectivity index (χ3v) is 5.40. The van der Waals surface area contributed by atoms with Crippen molar-refractivity contribution in [1.29, 1.82) is 0 Å². The first kappa shape index (κ1) is 13.9. The highest BCUT2D eigenvalue weighted by Gasteiger charge is 2.59. The fourth-order valence-electron chi connectivity index (χ4n) is 3.82. The van der Waals surface area contributed by atoms with Gasteiger partial charge in [-0.2, -0.15) is 0 Å². The maximum atomic E-state index is 12.3. The van der Waals surface area contributed by atoms with Crippen molar-refractivity contribution in [3.63, 3.8) is 0 Å². The van der Waals surface area contributed by atoms with E-state index < -0.39 is 0 Å². The summed E-state index contributed by atoms with van der Waals surface area (Å²) >= 11 is 5.93. The van der Waals surface area contributed by atoms with Crippen LogP contribution in [0.2, 0.25) is 5.15 Å². The van der Waals surface area contributed by atoms with Gasteiger partial charge in [-0.15, -0.1) is 0 Å². The topological polar surface area (TPSA) is 75.2 Å². The Morgan fingerprint density at radius 2 is 2.18 bits per heavy atom. The fraction of sp³-hybridized carbons (Fsp3) is 0.600. The first-order chi connectivity index (χ1) is 10.6. The normalized spacial score (nSPS) is 32.4. The standard InChI is InChI=1S/C15H17ClN4O2/c16-13-11(17-3-4-18-13)6-19-14(21)8-1-2-12-9-5-10(9)15(22)20(12)7-8/h3-4,8-10,12H,1-2,5-7H2,(H,19,21). The van der Waals surface area contributed by atoms with Crippen molar-refractivity contribution in [1.82, 2.24) is 20.2 Å². The lowest BCUT2D eigenvalue weighted by molar-refractivity contribution is -0.136. The van der Waals surface area contributed by atoms with Crippen molar-refractivity contribution in [3.05, 3.63) is 23.2 Å². The van der Waals surface area contributed by atoms with Gasteiger partial charge in [0, 0.05) is 30.9 Å². The Balaban J connectivity index is 1.36. The number of hydrogen-bond acceptors (Lipinski definition) is 4. The van der Waals surface area contributed by atoms with Crippen LogP contribution >= 0.6 is 11.6 Å². The van der Waals surface area contributed by atoms with Gasteiger partial charge in [0.2, 0.25) is 11.8 Å². The van der Waals surface area contributed by atoms with Gasteiger partial charge < -0.3 is 10.2 Å². The van der Waals surface area contributed by atoms with E-state index in [-0.39, 0.29) is 30.2 Å². The highest BCUT2D eigenvalue weighted by atomic mass is 35.5. The number of hydrogen-bond donors (Lipinski definition) is 1. The number of piperidine rings is 2. The Morgan fingerprint density at radius 3 is 3.00 bits per heavy atom. The molecule has 3 heterocycles. The zero-order valence-corrected chi connectivity index (χ0v) is 12.8. The van der Waals surface area contributed by atoms with Crippen LogP contribution in [0.3, 0.4) is 0 Å². The first-order valence-electron chi connectivity index (χ1n) is 7.68. The van der Waals surface area contributed by atoms with E-state index in [1.807, 2.05) is 4.90 Å². The van der Waals surface area contributed by atoms with Crippen LogP contribution in [0.1, 0.15) is 25.0 Å². The molecule has 0 aromatic carbocycles. The Hall–Kier alpha value is -1.69. The molecule has 0 spiro atoms. The Bertz CT molecular complexity index is 638. The molecule has 0 bridgehead atoms. The molecule has 3 fully saturated rings. The number of amides is 2. The SMILES string of the molecule is O=C(NCc1nccnc1Cl)C1CCC2C3CC3C(=O)N2C1. The fourth-order valence-corrected chi connectivity index (χ4v) is 4.00. The molecule has 116 valence electrons. The molecule has 7 heteroatoms. The van der Waals surface area contributed by atoms with Crippen LogP contribution in [0, 0.1) is 17.8 Å². The van der Waals surface area contributed by atoms with Crippen molar-refractivity contribution >= 4 is 23.4 Å². The van der Waals surface area contributed by atoms with E-state index in [2.05, 4.69) is 15.3 Å². The molecular formula is C15H17ClN4O2. The highest BCUT2D eigenvalue weighted by Crippen LogP contribution is 2.53. The molecule has 22 heavy (non-hydrogen) atoms. The maximum absolute atomic E-state index is 12.3.